The number of thiazole rings is 1. The van der Waals surface area contributed by atoms with Gasteiger partial charge in [0.2, 0.25) is 0 Å². The van der Waals surface area contributed by atoms with Crippen LogP contribution in [0.3, 0.4) is 0 Å². The van der Waals surface area contributed by atoms with Gasteiger partial charge in [0.05, 0.1) is 12.2 Å². The molecule has 2 amide bonds. The number of ether oxygens (including phenoxy) is 1. The van der Waals surface area contributed by atoms with Gasteiger partial charge in [0, 0.05) is 31.7 Å². The fourth-order valence-corrected chi connectivity index (χ4v) is 3.62. The van der Waals surface area contributed by atoms with Gasteiger partial charge in [0.25, 0.3) is 5.91 Å². The molecule has 0 fully saturated rings. The molecule has 3 heterocycles. The summed E-state index contributed by atoms with van der Waals surface area (Å²) in [6.07, 6.45) is 4.76. The van der Waals surface area contributed by atoms with Crippen molar-refractivity contribution < 1.29 is 14.3 Å². The number of nitrogens with one attached hydrogen (secondary N) is 2. The molecule has 0 aliphatic rings. The molecule has 0 aliphatic heterocycles. The highest BCUT2D eigenvalue weighted by molar-refractivity contribution is 7.17. The first kappa shape index (κ1) is 22.4. The molecule has 0 spiro atoms. The number of rotatable bonds is 7. The minimum absolute atomic E-state index is 0.175. The molecule has 9 nitrogen and oxygen atoms in total. The number of nitrogens with zero attached hydrogens (tertiary/aromatic N) is 4. The number of carbonyl (C=O) groups is 2. The van der Waals surface area contributed by atoms with Gasteiger partial charge >= 0.3 is 6.09 Å². The Morgan fingerprint density at radius 3 is 2.74 bits per heavy atom. The zero-order valence-corrected chi connectivity index (χ0v) is 18.8. The monoisotopic (exact) mass is 442 g/mol. The minimum atomic E-state index is -0.534. The lowest BCUT2D eigenvalue weighted by Gasteiger charge is -2.19. The lowest BCUT2D eigenvalue weighted by molar-refractivity contribution is 0.0525. The number of amides is 2. The second kappa shape index (κ2) is 9.69. The predicted octanol–water partition coefficient (Wildman–Crippen LogP) is 3.16. The Balaban J connectivity index is 1.56. The Bertz CT molecular complexity index is 1040. The molecule has 0 bridgehead atoms. The fraction of sp³-hybridized carbons (Fsp3) is 0.381. The second-order valence-electron chi connectivity index (χ2n) is 7.87. The topological polar surface area (TPSA) is 111 Å². The molecule has 3 aromatic rings. The van der Waals surface area contributed by atoms with Crippen LogP contribution in [0.15, 0.2) is 36.8 Å². The summed E-state index contributed by atoms with van der Waals surface area (Å²) in [5.74, 6) is -0.175. The summed E-state index contributed by atoms with van der Waals surface area (Å²) < 4.78 is 6.92. The first-order valence-electron chi connectivity index (χ1n) is 9.86. The molecule has 2 N–H and O–H groups in total. The van der Waals surface area contributed by atoms with Crippen LogP contribution in [0.25, 0.3) is 10.7 Å². The van der Waals surface area contributed by atoms with Crippen molar-refractivity contribution in [1.29, 1.82) is 0 Å². The number of alkyl carbamates (subject to hydrolysis) is 1. The molecular formula is C21H26N6O3S. The third-order valence-electron chi connectivity index (χ3n) is 4.05. The van der Waals surface area contributed by atoms with Crippen LogP contribution < -0.4 is 10.6 Å². The Labute approximate surface area is 184 Å². The van der Waals surface area contributed by atoms with Crippen LogP contribution in [0, 0.1) is 6.92 Å². The van der Waals surface area contributed by atoms with Gasteiger partial charge in [-0.25, -0.2) is 9.78 Å². The summed E-state index contributed by atoms with van der Waals surface area (Å²) in [5.41, 5.74) is 1.73. The summed E-state index contributed by atoms with van der Waals surface area (Å²) >= 11 is 1.30. The van der Waals surface area contributed by atoms with Crippen LogP contribution in [0.2, 0.25) is 0 Å². The number of hydrogen-bond acceptors (Lipinski definition) is 7. The van der Waals surface area contributed by atoms with Crippen LogP contribution in [0.4, 0.5) is 4.79 Å². The molecule has 3 aromatic heterocycles. The smallest absolute Gasteiger partial charge is 0.407 e. The van der Waals surface area contributed by atoms with Crippen molar-refractivity contribution in [2.45, 2.75) is 46.4 Å². The molecule has 0 aromatic carbocycles. The number of hydrogen-bond donors (Lipinski definition) is 2. The van der Waals surface area contributed by atoms with E-state index in [0.29, 0.717) is 40.9 Å². The van der Waals surface area contributed by atoms with Crippen molar-refractivity contribution >= 4 is 23.3 Å². The maximum absolute atomic E-state index is 12.6. The van der Waals surface area contributed by atoms with E-state index in [1.54, 1.807) is 24.0 Å². The highest BCUT2D eigenvalue weighted by atomic mass is 32.1. The van der Waals surface area contributed by atoms with E-state index in [1.165, 1.54) is 11.3 Å². The summed E-state index contributed by atoms with van der Waals surface area (Å²) in [6.45, 7) is 8.53. The maximum atomic E-state index is 12.6. The van der Waals surface area contributed by atoms with Gasteiger partial charge in [-0.15, -0.1) is 11.3 Å². The van der Waals surface area contributed by atoms with E-state index in [-0.39, 0.29) is 5.91 Å². The van der Waals surface area contributed by atoms with E-state index in [0.717, 1.165) is 5.56 Å². The Hall–Kier alpha value is -3.27. The van der Waals surface area contributed by atoms with Crippen molar-refractivity contribution in [2.75, 3.05) is 6.54 Å². The number of aromatic nitrogens is 4. The van der Waals surface area contributed by atoms with Gasteiger partial charge < -0.3 is 15.4 Å². The largest absolute Gasteiger partial charge is 0.444 e. The quantitative estimate of drug-likeness (QED) is 0.581. The molecular weight excluding hydrogens is 416 g/mol. The number of aryl methyl sites for hydroxylation is 1. The highest BCUT2D eigenvalue weighted by Gasteiger charge is 2.18. The highest BCUT2D eigenvalue weighted by Crippen LogP contribution is 2.26. The zero-order valence-electron chi connectivity index (χ0n) is 18.0. The maximum Gasteiger partial charge on any atom is 0.407 e. The Morgan fingerprint density at radius 2 is 2.03 bits per heavy atom. The van der Waals surface area contributed by atoms with Gasteiger partial charge in [0.15, 0.2) is 0 Å². The average Bonchev–Trinajstić information content (AvgIpc) is 3.32. The summed E-state index contributed by atoms with van der Waals surface area (Å²) in [5, 5.41) is 10.8. The molecule has 0 radical (unpaired) electrons. The summed E-state index contributed by atoms with van der Waals surface area (Å²) in [4.78, 5) is 33.4. The molecule has 0 saturated heterocycles. The zero-order chi connectivity index (χ0) is 22.4. The van der Waals surface area contributed by atoms with E-state index in [1.807, 2.05) is 45.2 Å². The van der Waals surface area contributed by atoms with Gasteiger partial charge in [-0.3, -0.25) is 14.5 Å². The lowest BCUT2D eigenvalue weighted by Crippen LogP contribution is -2.34. The van der Waals surface area contributed by atoms with E-state index in [2.05, 4.69) is 25.7 Å². The minimum Gasteiger partial charge on any atom is -0.444 e. The van der Waals surface area contributed by atoms with Crippen molar-refractivity contribution in [3.05, 3.63) is 52.9 Å². The number of pyridine rings is 1. The Morgan fingerprint density at radius 1 is 1.23 bits per heavy atom. The molecule has 0 unspecified atom stereocenters. The van der Waals surface area contributed by atoms with Crippen molar-refractivity contribution in [3.8, 4) is 10.7 Å². The molecule has 3 rings (SSSR count). The third-order valence-corrected chi connectivity index (χ3v) is 5.23. The van der Waals surface area contributed by atoms with E-state index < -0.39 is 11.7 Å². The van der Waals surface area contributed by atoms with Crippen LogP contribution in [0.1, 0.15) is 41.7 Å². The summed E-state index contributed by atoms with van der Waals surface area (Å²) in [7, 11) is 0. The van der Waals surface area contributed by atoms with E-state index >= 15 is 0 Å². The van der Waals surface area contributed by atoms with Crippen molar-refractivity contribution in [2.24, 2.45) is 0 Å². The SMILES string of the molecule is Cc1nc(-c2ccn(CCNC(=O)OC(C)(C)C)n2)sc1C(=O)NCc1cccnc1. The lowest BCUT2D eigenvalue weighted by atomic mass is 10.2. The predicted molar refractivity (Wildman–Crippen MR) is 118 cm³/mol. The molecule has 0 saturated carbocycles. The van der Waals surface area contributed by atoms with Gasteiger partial charge in [0.1, 0.15) is 21.2 Å². The summed E-state index contributed by atoms with van der Waals surface area (Å²) in [6, 6.07) is 5.57. The van der Waals surface area contributed by atoms with Crippen molar-refractivity contribution in [3.63, 3.8) is 0 Å². The van der Waals surface area contributed by atoms with Crippen molar-refractivity contribution in [1.82, 2.24) is 30.4 Å². The van der Waals surface area contributed by atoms with Crippen LogP contribution in [0.5, 0.6) is 0 Å². The second-order valence-corrected chi connectivity index (χ2v) is 8.87. The third kappa shape index (κ3) is 6.61. The van der Waals surface area contributed by atoms with Gasteiger partial charge in [-0.2, -0.15) is 5.10 Å². The normalized spacial score (nSPS) is 11.2. The fourth-order valence-electron chi connectivity index (χ4n) is 2.67. The van der Waals surface area contributed by atoms with E-state index in [4.69, 9.17) is 4.74 Å². The van der Waals surface area contributed by atoms with Crippen LogP contribution in [-0.2, 0) is 17.8 Å². The van der Waals surface area contributed by atoms with Crippen LogP contribution in [-0.4, -0.2) is 43.9 Å². The molecule has 0 aliphatic carbocycles. The molecule has 0 atom stereocenters. The molecule has 10 heteroatoms. The van der Waals surface area contributed by atoms with E-state index in [9.17, 15) is 9.59 Å². The Kier molecular flexibility index (Phi) is 7.01. The first-order valence-corrected chi connectivity index (χ1v) is 10.7. The average molecular weight is 443 g/mol. The molecule has 31 heavy (non-hydrogen) atoms. The standard InChI is InChI=1S/C21H26N6O3S/c1-14-17(18(28)24-13-15-6-5-8-22-12-15)31-19(25-14)16-7-10-27(26-16)11-9-23-20(29)30-21(2,3)4/h5-8,10,12H,9,11,13H2,1-4H3,(H,23,29)(H,24,28). The van der Waals surface area contributed by atoms with Gasteiger partial charge in [-0.1, -0.05) is 6.07 Å². The molecule has 164 valence electrons. The first-order chi connectivity index (χ1) is 14.7. The van der Waals surface area contributed by atoms with Gasteiger partial charge in [-0.05, 0) is 45.4 Å². The van der Waals surface area contributed by atoms with Crippen LogP contribution >= 0.6 is 11.3 Å². The number of carbonyl (C=O) groups excluding carboxylic acids is 2.